The van der Waals surface area contributed by atoms with E-state index in [1.165, 1.54) is 0 Å². The highest BCUT2D eigenvalue weighted by atomic mass is 16.5. The highest BCUT2D eigenvalue weighted by Gasteiger charge is 2.29. The molecular formula is C19H28N2O3. The number of ketones is 1. The molecule has 2 atom stereocenters. The van der Waals surface area contributed by atoms with Gasteiger partial charge in [0.15, 0.2) is 5.78 Å². The normalized spacial score (nSPS) is 19.0. The Morgan fingerprint density at radius 2 is 1.96 bits per heavy atom. The molecule has 0 saturated carbocycles. The minimum absolute atomic E-state index is 0.0132. The molecule has 5 nitrogen and oxygen atoms in total. The number of carbonyl (C=O) groups is 2. The van der Waals surface area contributed by atoms with Crippen molar-refractivity contribution >= 4 is 11.7 Å². The summed E-state index contributed by atoms with van der Waals surface area (Å²) in [5, 5.41) is 0. The van der Waals surface area contributed by atoms with Crippen molar-refractivity contribution in [2.24, 2.45) is 5.73 Å². The lowest BCUT2D eigenvalue weighted by molar-refractivity contribution is -0.135. The molecule has 1 fully saturated rings. The van der Waals surface area contributed by atoms with Gasteiger partial charge in [-0.3, -0.25) is 9.59 Å². The zero-order valence-electron chi connectivity index (χ0n) is 14.7. The fourth-order valence-corrected chi connectivity index (χ4v) is 3.23. The number of amides is 1. The van der Waals surface area contributed by atoms with Crippen LogP contribution in [0.2, 0.25) is 0 Å². The summed E-state index contributed by atoms with van der Waals surface area (Å²) in [6, 6.07) is 7.15. The monoisotopic (exact) mass is 332 g/mol. The molecule has 2 N–H and O–H groups in total. The van der Waals surface area contributed by atoms with Gasteiger partial charge in [-0.1, -0.05) is 0 Å². The second kappa shape index (κ2) is 8.83. The third-order valence-electron chi connectivity index (χ3n) is 4.53. The summed E-state index contributed by atoms with van der Waals surface area (Å²) in [5.41, 5.74) is 6.63. The number of Topliss-reactive ketones (excluding diaryl/α,β-unsaturated/α-hetero) is 1. The number of hydrogen-bond acceptors (Lipinski definition) is 4. The van der Waals surface area contributed by atoms with Crippen molar-refractivity contribution in [3.8, 4) is 5.75 Å². The van der Waals surface area contributed by atoms with Gasteiger partial charge in [-0.05, 0) is 57.4 Å². The second-order valence-corrected chi connectivity index (χ2v) is 6.39. The van der Waals surface area contributed by atoms with Crippen LogP contribution in [0.3, 0.4) is 0 Å². The van der Waals surface area contributed by atoms with E-state index in [-0.39, 0.29) is 36.6 Å². The van der Waals surface area contributed by atoms with E-state index in [4.69, 9.17) is 10.5 Å². The number of rotatable bonds is 7. The maximum atomic E-state index is 12.5. The van der Waals surface area contributed by atoms with Crippen LogP contribution >= 0.6 is 0 Å². The zero-order chi connectivity index (χ0) is 17.5. The first-order chi connectivity index (χ1) is 11.5. The van der Waals surface area contributed by atoms with E-state index in [2.05, 4.69) is 0 Å². The van der Waals surface area contributed by atoms with Gasteiger partial charge in [-0.25, -0.2) is 0 Å². The Morgan fingerprint density at radius 1 is 1.25 bits per heavy atom. The highest BCUT2D eigenvalue weighted by molar-refractivity contribution is 5.98. The number of likely N-dealkylation sites (tertiary alicyclic amines) is 1. The maximum absolute atomic E-state index is 12.5. The molecule has 0 aromatic heterocycles. The number of nitrogens with zero attached hydrogens (tertiary/aromatic N) is 1. The Bertz CT molecular complexity index is 554. The average Bonchev–Trinajstić information content (AvgIpc) is 2.60. The molecule has 132 valence electrons. The van der Waals surface area contributed by atoms with E-state index in [9.17, 15) is 9.59 Å². The molecular weight excluding hydrogens is 304 g/mol. The molecule has 0 aliphatic carbocycles. The predicted octanol–water partition coefficient (Wildman–Crippen LogP) is 2.78. The quantitative estimate of drug-likeness (QED) is 0.779. The smallest absolute Gasteiger partial charge is 0.223 e. The van der Waals surface area contributed by atoms with Crippen molar-refractivity contribution in [2.45, 2.75) is 58.0 Å². The van der Waals surface area contributed by atoms with Gasteiger partial charge in [0.05, 0.1) is 6.61 Å². The molecule has 1 amide bonds. The van der Waals surface area contributed by atoms with E-state index in [1.54, 1.807) is 24.3 Å². The molecule has 1 aromatic rings. The number of hydrogen-bond donors (Lipinski definition) is 1. The van der Waals surface area contributed by atoms with E-state index >= 15 is 0 Å². The number of ether oxygens (including phenoxy) is 1. The lowest BCUT2D eigenvalue weighted by Gasteiger charge is -2.38. The molecule has 1 saturated heterocycles. The van der Waals surface area contributed by atoms with Crippen LogP contribution in [-0.4, -0.2) is 41.8 Å². The van der Waals surface area contributed by atoms with Crippen LogP contribution in [0.15, 0.2) is 24.3 Å². The van der Waals surface area contributed by atoms with Crippen molar-refractivity contribution in [3.05, 3.63) is 29.8 Å². The van der Waals surface area contributed by atoms with Gasteiger partial charge in [0.25, 0.3) is 0 Å². The first-order valence-electron chi connectivity index (χ1n) is 8.84. The van der Waals surface area contributed by atoms with Gasteiger partial charge in [-0.2, -0.15) is 0 Å². The number of piperidine rings is 1. The fraction of sp³-hybridized carbons (Fsp3) is 0.579. The third-order valence-corrected chi connectivity index (χ3v) is 4.53. The van der Waals surface area contributed by atoms with Crippen molar-refractivity contribution in [2.75, 3.05) is 13.2 Å². The first kappa shape index (κ1) is 18.5. The maximum Gasteiger partial charge on any atom is 0.223 e. The van der Waals surface area contributed by atoms with E-state index in [0.717, 1.165) is 31.6 Å². The molecule has 24 heavy (non-hydrogen) atoms. The predicted molar refractivity (Wildman–Crippen MR) is 94.2 cm³/mol. The third kappa shape index (κ3) is 4.81. The minimum Gasteiger partial charge on any atom is -0.494 e. The van der Waals surface area contributed by atoms with Gasteiger partial charge in [0.1, 0.15) is 5.75 Å². The molecule has 1 aromatic carbocycles. The van der Waals surface area contributed by atoms with E-state index < -0.39 is 0 Å². The van der Waals surface area contributed by atoms with Crippen molar-refractivity contribution in [1.29, 1.82) is 0 Å². The fourth-order valence-electron chi connectivity index (χ4n) is 3.23. The second-order valence-electron chi connectivity index (χ2n) is 6.39. The lowest BCUT2D eigenvalue weighted by Crippen LogP contribution is -2.51. The van der Waals surface area contributed by atoms with Gasteiger partial charge >= 0.3 is 0 Å². The molecule has 2 unspecified atom stereocenters. The topological polar surface area (TPSA) is 72.6 Å². The van der Waals surface area contributed by atoms with Gasteiger partial charge in [-0.15, -0.1) is 0 Å². The summed E-state index contributed by atoms with van der Waals surface area (Å²) < 4.78 is 5.37. The standard InChI is InChI=1S/C19H28N2O3/c1-3-24-16-9-7-15(8-10-16)18(22)11-12-19(23)21-13-5-4-6-17(21)14(2)20/h7-10,14,17H,3-6,11-13,20H2,1-2H3. The first-order valence-corrected chi connectivity index (χ1v) is 8.84. The Balaban J connectivity index is 1.89. The summed E-state index contributed by atoms with van der Waals surface area (Å²) in [4.78, 5) is 26.6. The zero-order valence-corrected chi connectivity index (χ0v) is 14.7. The Hall–Kier alpha value is -1.88. The van der Waals surface area contributed by atoms with Crippen molar-refractivity contribution in [3.63, 3.8) is 0 Å². The van der Waals surface area contributed by atoms with Crippen LogP contribution in [0, 0.1) is 0 Å². The highest BCUT2D eigenvalue weighted by Crippen LogP contribution is 2.21. The van der Waals surface area contributed by atoms with Crippen LogP contribution in [0.1, 0.15) is 56.3 Å². The Morgan fingerprint density at radius 3 is 2.58 bits per heavy atom. The van der Waals surface area contributed by atoms with Crippen LogP contribution < -0.4 is 10.5 Å². The average molecular weight is 332 g/mol. The van der Waals surface area contributed by atoms with Gasteiger partial charge in [0.2, 0.25) is 5.91 Å². The summed E-state index contributed by atoms with van der Waals surface area (Å²) in [5.74, 6) is 0.773. The lowest BCUT2D eigenvalue weighted by atomic mass is 9.96. The molecule has 5 heteroatoms. The van der Waals surface area contributed by atoms with E-state index in [1.807, 2.05) is 18.7 Å². The molecule has 1 aliphatic rings. The van der Waals surface area contributed by atoms with Gasteiger partial charge < -0.3 is 15.4 Å². The summed E-state index contributed by atoms with van der Waals surface area (Å²) in [6.45, 7) is 5.21. The number of benzene rings is 1. The summed E-state index contributed by atoms with van der Waals surface area (Å²) >= 11 is 0. The van der Waals surface area contributed by atoms with Crippen molar-refractivity contribution < 1.29 is 14.3 Å². The minimum atomic E-state index is -0.0314. The molecule has 2 rings (SSSR count). The summed E-state index contributed by atoms with van der Waals surface area (Å²) in [7, 11) is 0. The SMILES string of the molecule is CCOc1ccc(C(=O)CCC(=O)N2CCCCC2C(C)N)cc1. The molecule has 0 radical (unpaired) electrons. The van der Waals surface area contributed by atoms with Crippen LogP contribution in [0.25, 0.3) is 0 Å². The Kier molecular flexibility index (Phi) is 6.79. The van der Waals surface area contributed by atoms with E-state index in [0.29, 0.717) is 12.2 Å². The van der Waals surface area contributed by atoms with Gasteiger partial charge in [0, 0.05) is 37.0 Å². The van der Waals surface area contributed by atoms with Crippen LogP contribution in [-0.2, 0) is 4.79 Å². The summed E-state index contributed by atoms with van der Waals surface area (Å²) in [6.07, 6.45) is 3.56. The molecule has 1 aliphatic heterocycles. The molecule has 1 heterocycles. The van der Waals surface area contributed by atoms with Crippen molar-refractivity contribution in [1.82, 2.24) is 4.90 Å². The Labute approximate surface area is 144 Å². The molecule has 0 bridgehead atoms. The molecule has 0 spiro atoms. The van der Waals surface area contributed by atoms with Crippen LogP contribution in [0.5, 0.6) is 5.75 Å². The van der Waals surface area contributed by atoms with Crippen LogP contribution in [0.4, 0.5) is 0 Å². The number of carbonyl (C=O) groups excluding carboxylic acids is 2. The number of nitrogens with two attached hydrogens (primary N) is 1. The largest absolute Gasteiger partial charge is 0.494 e.